The summed E-state index contributed by atoms with van der Waals surface area (Å²) in [7, 11) is 0. The molecule has 0 saturated heterocycles. The van der Waals surface area contributed by atoms with Gasteiger partial charge in [-0.05, 0) is 73.5 Å². The molecule has 2 rings (SSSR count). The van der Waals surface area contributed by atoms with Crippen molar-refractivity contribution in [1.29, 1.82) is 0 Å². The Bertz CT molecular complexity index is 296. The molecule has 1 nitrogen and oxygen atoms in total. The minimum absolute atomic E-state index is 0.0428. The summed E-state index contributed by atoms with van der Waals surface area (Å²) in [5.41, 5.74) is 0. The van der Waals surface area contributed by atoms with Crippen LogP contribution in [-0.2, 0) is 0 Å². The maximum atomic E-state index is 10.5. The topological polar surface area (TPSA) is 20.2 Å². The number of aliphatic hydroxyl groups is 1. The van der Waals surface area contributed by atoms with E-state index in [0.717, 1.165) is 36.0 Å². The van der Waals surface area contributed by atoms with Gasteiger partial charge >= 0.3 is 0 Å². The molecular weight excluding hydrogens is 244 g/mol. The van der Waals surface area contributed by atoms with E-state index < -0.39 is 0 Å². The van der Waals surface area contributed by atoms with E-state index in [0.29, 0.717) is 11.8 Å². The first-order valence-electron chi connectivity index (χ1n) is 9.08. The standard InChI is InChI=1S/C19H36O/c1-12(2)16-8-6-14(5)10-18(16)15-7-9-17(13(3)4)19(20)11-15/h12-20H,6-11H2,1-5H3. The molecule has 0 bridgehead atoms. The second-order valence-electron chi connectivity index (χ2n) is 8.54. The molecular formula is C19H36O. The van der Waals surface area contributed by atoms with Gasteiger partial charge in [0.1, 0.15) is 0 Å². The molecule has 0 amide bonds. The lowest BCUT2D eigenvalue weighted by Gasteiger charge is -2.46. The second-order valence-corrected chi connectivity index (χ2v) is 8.54. The SMILES string of the molecule is CC1CCC(C(C)C)C(C2CCC(C(C)C)C(O)C2)C1. The third kappa shape index (κ3) is 3.59. The van der Waals surface area contributed by atoms with E-state index in [1.807, 2.05) is 0 Å². The molecule has 6 unspecified atom stereocenters. The Morgan fingerprint density at radius 2 is 1.40 bits per heavy atom. The highest BCUT2D eigenvalue weighted by atomic mass is 16.3. The van der Waals surface area contributed by atoms with Crippen LogP contribution in [-0.4, -0.2) is 11.2 Å². The Hall–Kier alpha value is -0.0400. The van der Waals surface area contributed by atoms with Gasteiger partial charge in [0, 0.05) is 0 Å². The summed E-state index contributed by atoms with van der Waals surface area (Å²) >= 11 is 0. The number of hydrogen-bond acceptors (Lipinski definition) is 1. The van der Waals surface area contributed by atoms with Crippen molar-refractivity contribution in [1.82, 2.24) is 0 Å². The van der Waals surface area contributed by atoms with Gasteiger partial charge in [0.25, 0.3) is 0 Å². The fourth-order valence-electron chi connectivity index (χ4n) is 5.19. The largest absolute Gasteiger partial charge is 0.393 e. The van der Waals surface area contributed by atoms with E-state index in [9.17, 15) is 5.11 Å². The van der Waals surface area contributed by atoms with Crippen molar-refractivity contribution in [3.63, 3.8) is 0 Å². The van der Waals surface area contributed by atoms with Crippen LogP contribution in [0.5, 0.6) is 0 Å². The molecule has 0 spiro atoms. The summed E-state index contributed by atoms with van der Waals surface area (Å²) in [6, 6.07) is 0. The molecule has 1 N–H and O–H groups in total. The van der Waals surface area contributed by atoms with E-state index in [1.54, 1.807) is 0 Å². The van der Waals surface area contributed by atoms with Crippen molar-refractivity contribution < 1.29 is 5.11 Å². The second kappa shape index (κ2) is 6.81. The van der Waals surface area contributed by atoms with Crippen molar-refractivity contribution in [3.05, 3.63) is 0 Å². The Morgan fingerprint density at radius 1 is 0.800 bits per heavy atom. The lowest BCUT2D eigenvalue weighted by Crippen LogP contribution is -2.40. The fraction of sp³-hybridized carbons (Fsp3) is 1.00. The molecule has 0 aromatic carbocycles. The highest BCUT2D eigenvalue weighted by Crippen LogP contribution is 2.47. The molecule has 118 valence electrons. The summed E-state index contributed by atoms with van der Waals surface area (Å²) in [5, 5.41) is 10.5. The van der Waals surface area contributed by atoms with Crippen LogP contribution >= 0.6 is 0 Å². The van der Waals surface area contributed by atoms with E-state index in [2.05, 4.69) is 34.6 Å². The average Bonchev–Trinajstić information content (AvgIpc) is 2.37. The van der Waals surface area contributed by atoms with Crippen LogP contribution in [0.15, 0.2) is 0 Å². The summed E-state index contributed by atoms with van der Waals surface area (Å²) < 4.78 is 0. The van der Waals surface area contributed by atoms with Crippen molar-refractivity contribution in [3.8, 4) is 0 Å². The van der Waals surface area contributed by atoms with Gasteiger partial charge in [-0.15, -0.1) is 0 Å². The van der Waals surface area contributed by atoms with Crippen LogP contribution in [0.25, 0.3) is 0 Å². The predicted octanol–water partition coefficient (Wildman–Crippen LogP) is 5.13. The normalized spacial score (nSPS) is 43.2. The van der Waals surface area contributed by atoms with Gasteiger partial charge in [-0.3, -0.25) is 0 Å². The molecule has 20 heavy (non-hydrogen) atoms. The van der Waals surface area contributed by atoms with E-state index in [1.165, 1.54) is 32.1 Å². The minimum atomic E-state index is -0.0428. The van der Waals surface area contributed by atoms with Crippen LogP contribution in [0, 0.1) is 41.4 Å². The number of hydrogen-bond donors (Lipinski definition) is 1. The average molecular weight is 280 g/mol. The zero-order chi connectivity index (χ0) is 14.9. The van der Waals surface area contributed by atoms with Crippen molar-refractivity contribution in [2.45, 2.75) is 79.2 Å². The van der Waals surface area contributed by atoms with Gasteiger partial charge < -0.3 is 5.11 Å². The van der Waals surface area contributed by atoms with Crippen molar-refractivity contribution in [2.75, 3.05) is 0 Å². The van der Waals surface area contributed by atoms with Gasteiger partial charge in [-0.1, -0.05) is 41.0 Å². The highest BCUT2D eigenvalue weighted by molar-refractivity contribution is 4.90. The molecule has 2 aliphatic rings. The zero-order valence-corrected chi connectivity index (χ0v) is 14.3. The summed E-state index contributed by atoms with van der Waals surface area (Å²) in [6.45, 7) is 11.8. The molecule has 0 aromatic heterocycles. The molecule has 6 atom stereocenters. The Kier molecular flexibility index (Phi) is 5.56. The van der Waals surface area contributed by atoms with E-state index in [4.69, 9.17) is 0 Å². The number of rotatable bonds is 3. The van der Waals surface area contributed by atoms with Gasteiger partial charge in [0.2, 0.25) is 0 Å². The summed E-state index contributed by atoms with van der Waals surface area (Å²) in [6.07, 6.45) is 7.89. The van der Waals surface area contributed by atoms with Gasteiger partial charge in [0.15, 0.2) is 0 Å². The van der Waals surface area contributed by atoms with Gasteiger partial charge in [-0.25, -0.2) is 0 Å². The highest BCUT2D eigenvalue weighted by Gasteiger charge is 2.40. The van der Waals surface area contributed by atoms with E-state index in [-0.39, 0.29) is 6.10 Å². The van der Waals surface area contributed by atoms with Crippen molar-refractivity contribution >= 4 is 0 Å². The molecule has 1 heteroatoms. The maximum Gasteiger partial charge on any atom is 0.0573 e. The van der Waals surface area contributed by atoms with Crippen molar-refractivity contribution in [2.24, 2.45) is 41.4 Å². The minimum Gasteiger partial charge on any atom is -0.393 e. The monoisotopic (exact) mass is 280 g/mol. The third-order valence-electron chi connectivity index (χ3n) is 6.44. The maximum absolute atomic E-state index is 10.5. The predicted molar refractivity (Wildman–Crippen MR) is 86.5 cm³/mol. The fourth-order valence-corrected chi connectivity index (χ4v) is 5.19. The van der Waals surface area contributed by atoms with Gasteiger partial charge in [-0.2, -0.15) is 0 Å². The summed E-state index contributed by atoms with van der Waals surface area (Å²) in [5.74, 6) is 5.46. The van der Waals surface area contributed by atoms with Crippen LogP contribution in [0.2, 0.25) is 0 Å². The van der Waals surface area contributed by atoms with Crippen LogP contribution < -0.4 is 0 Å². The van der Waals surface area contributed by atoms with Gasteiger partial charge in [0.05, 0.1) is 6.10 Å². The zero-order valence-electron chi connectivity index (χ0n) is 14.3. The molecule has 0 heterocycles. The first-order valence-corrected chi connectivity index (χ1v) is 9.08. The molecule has 0 aromatic rings. The molecule has 2 fully saturated rings. The van der Waals surface area contributed by atoms with E-state index >= 15 is 0 Å². The summed E-state index contributed by atoms with van der Waals surface area (Å²) in [4.78, 5) is 0. The Balaban J connectivity index is 2.02. The lowest BCUT2D eigenvalue weighted by atomic mass is 9.61. The van der Waals surface area contributed by atoms with Crippen LogP contribution in [0.4, 0.5) is 0 Å². The molecule has 0 radical (unpaired) electrons. The molecule has 2 aliphatic carbocycles. The first-order chi connectivity index (χ1) is 9.40. The van der Waals surface area contributed by atoms with Crippen LogP contribution in [0.1, 0.15) is 73.1 Å². The Labute approximate surface area is 126 Å². The number of aliphatic hydroxyl groups excluding tert-OH is 1. The quantitative estimate of drug-likeness (QED) is 0.760. The molecule has 2 saturated carbocycles. The lowest BCUT2D eigenvalue weighted by molar-refractivity contribution is -0.0178. The first kappa shape index (κ1) is 16.3. The smallest absolute Gasteiger partial charge is 0.0573 e. The van der Waals surface area contributed by atoms with Crippen LogP contribution in [0.3, 0.4) is 0 Å². The Morgan fingerprint density at radius 3 is 1.95 bits per heavy atom. The molecule has 0 aliphatic heterocycles. The third-order valence-corrected chi connectivity index (χ3v) is 6.44.